The van der Waals surface area contributed by atoms with E-state index in [1.807, 2.05) is 6.92 Å². The van der Waals surface area contributed by atoms with Crippen LogP contribution >= 0.6 is 0 Å². The van der Waals surface area contributed by atoms with Gasteiger partial charge in [-0.15, -0.1) is 0 Å². The van der Waals surface area contributed by atoms with E-state index in [4.69, 9.17) is 10.5 Å². The number of nitrogens with two attached hydrogens (primary N) is 1. The molecule has 2 fully saturated rings. The van der Waals surface area contributed by atoms with Gasteiger partial charge in [0, 0.05) is 5.92 Å². The predicted molar refractivity (Wildman–Crippen MR) is 80.7 cm³/mol. The van der Waals surface area contributed by atoms with Crippen LogP contribution in [-0.4, -0.2) is 37.0 Å². The number of Topliss-reactive ketones (excluding diaryl/α,β-unsaturated/α-hetero) is 1. The molecule has 3 N–H and O–H groups in total. The van der Waals surface area contributed by atoms with E-state index < -0.39 is 12.1 Å². The minimum absolute atomic E-state index is 0.0358. The molecule has 0 aromatic heterocycles. The van der Waals surface area contributed by atoms with Gasteiger partial charge in [0.2, 0.25) is 5.91 Å². The molecular formula is C16H28N2O3. The van der Waals surface area contributed by atoms with Gasteiger partial charge in [-0.1, -0.05) is 39.0 Å². The molecular weight excluding hydrogens is 268 g/mol. The Balaban J connectivity index is 1.85. The van der Waals surface area contributed by atoms with Gasteiger partial charge < -0.3 is 15.8 Å². The summed E-state index contributed by atoms with van der Waals surface area (Å²) in [5.74, 6) is 0.412. The average Bonchev–Trinajstić information content (AvgIpc) is 2.50. The second kappa shape index (κ2) is 7.90. The maximum absolute atomic E-state index is 12.3. The van der Waals surface area contributed by atoms with Crippen molar-refractivity contribution in [3.05, 3.63) is 0 Å². The van der Waals surface area contributed by atoms with Crippen LogP contribution in [0.4, 0.5) is 0 Å². The summed E-state index contributed by atoms with van der Waals surface area (Å²) >= 11 is 0. The molecule has 0 radical (unpaired) electrons. The number of hydrogen-bond acceptors (Lipinski definition) is 4. The maximum atomic E-state index is 12.3. The Morgan fingerprint density at radius 2 is 2.10 bits per heavy atom. The van der Waals surface area contributed by atoms with Gasteiger partial charge >= 0.3 is 0 Å². The lowest BCUT2D eigenvalue weighted by Gasteiger charge is -2.31. The second-order valence-electron chi connectivity index (χ2n) is 6.48. The Labute approximate surface area is 127 Å². The van der Waals surface area contributed by atoms with Crippen LogP contribution in [0.15, 0.2) is 0 Å². The third-order valence-electron chi connectivity index (χ3n) is 4.87. The molecule has 0 aromatic carbocycles. The van der Waals surface area contributed by atoms with Gasteiger partial charge in [0.25, 0.3) is 0 Å². The van der Waals surface area contributed by atoms with E-state index in [0.717, 1.165) is 12.8 Å². The fourth-order valence-corrected chi connectivity index (χ4v) is 3.46. The Kier molecular flexibility index (Phi) is 6.18. The highest BCUT2D eigenvalue weighted by Crippen LogP contribution is 2.27. The van der Waals surface area contributed by atoms with Crippen molar-refractivity contribution in [3.63, 3.8) is 0 Å². The number of ketones is 1. The van der Waals surface area contributed by atoms with Crippen molar-refractivity contribution in [2.45, 2.75) is 64.0 Å². The molecule has 5 heteroatoms. The molecule has 1 saturated carbocycles. The van der Waals surface area contributed by atoms with Crippen molar-refractivity contribution in [2.75, 3.05) is 13.2 Å². The molecule has 2 aliphatic rings. The predicted octanol–water partition coefficient (Wildman–Crippen LogP) is 1.39. The Bertz CT molecular complexity index is 367. The molecule has 1 heterocycles. The third-order valence-corrected chi connectivity index (χ3v) is 4.87. The van der Waals surface area contributed by atoms with E-state index in [1.165, 1.54) is 32.1 Å². The lowest BCUT2D eigenvalue weighted by molar-refractivity contribution is -0.138. The fourth-order valence-electron chi connectivity index (χ4n) is 3.46. The average molecular weight is 296 g/mol. The Morgan fingerprint density at radius 1 is 1.38 bits per heavy atom. The van der Waals surface area contributed by atoms with Crippen molar-refractivity contribution in [2.24, 2.45) is 17.6 Å². The standard InChI is InChI=1S/C16H28N2O3/c1-2-12-9-21-10-14(19)15(12)18-16(20)13(17)8-11-6-4-3-5-7-11/h11-13,15H,2-10,17H2,1H3,(H,18,20)/t12?,13-,15?/m0/s1. The topological polar surface area (TPSA) is 81.4 Å². The van der Waals surface area contributed by atoms with E-state index in [-0.39, 0.29) is 24.2 Å². The summed E-state index contributed by atoms with van der Waals surface area (Å²) in [5, 5.41) is 2.87. The zero-order valence-corrected chi connectivity index (χ0v) is 13.0. The molecule has 0 spiro atoms. The van der Waals surface area contributed by atoms with Crippen molar-refractivity contribution >= 4 is 11.7 Å². The number of carbonyl (C=O) groups excluding carboxylic acids is 2. The summed E-state index contributed by atoms with van der Waals surface area (Å²) in [7, 11) is 0. The summed E-state index contributed by atoms with van der Waals surface area (Å²) in [6, 6.07) is -0.921. The normalized spacial score (nSPS) is 29.1. The van der Waals surface area contributed by atoms with Crippen LogP contribution in [0.25, 0.3) is 0 Å². The van der Waals surface area contributed by atoms with Gasteiger partial charge in [0.05, 0.1) is 18.7 Å². The molecule has 0 bridgehead atoms. The number of hydrogen-bond donors (Lipinski definition) is 2. The molecule has 2 rings (SSSR count). The van der Waals surface area contributed by atoms with Crippen molar-refractivity contribution < 1.29 is 14.3 Å². The van der Waals surface area contributed by atoms with Gasteiger partial charge in [-0.25, -0.2) is 0 Å². The smallest absolute Gasteiger partial charge is 0.237 e. The SMILES string of the molecule is CCC1COCC(=O)C1NC(=O)[C@@H](N)CC1CCCCC1. The van der Waals surface area contributed by atoms with Crippen LogP contribution < -0.4 is 11.1 Å². The van der Waals surface area contributed by atoms with Gasteiger partial charge in [0.15, 0.2) is 5.78 Å². The van der Waals surface area contributed by atoms with Crippen LogP contribution in [0.1, 0.15) is 51.9 Å². The summed E-state index contributed by atoms with van der Waals surface area (Å²) in [6.45, 7) is 2.64. The molecule has 120 valence electrons. The number of ether oxygens (including phenoxy) is 1. The molecule has 3 atom stereocenters. The van der Waals surface area contributed by atoms with Crippen LogP contribution in [0.2, 0.25) is 0 Å². The molecule has 1 aliphatic carbocycles. The first-order chi connectivity index (χ1) is 10.1. The molecule has 1 saturated heterocycles. The van der Waals surface area contributed by atoms with E-state index in [0.29, 0.717) is 12.5 Å². The van der Waals surface area contributed by atoms with Crippen molar-refractivity contribution in [1.82, 2.24) is 5.32 Å². The summed E-state index contributed by atoms with van der Waals surface area (Å²) in [6.07, 6.45) is 7.69. The zero-order valence-electron chi connectivity index (χ0n) is 13.0. The maximum Gasteiger partial charge on any atom is 0.237 e. The second-order valence-corrected chi connectivity index (χ2v) is 6.48. The van der Waals surface area contributed by atoms with Crippen LogP contribution in [0, 0.1) is 11.8 Å². The molecule has 5 nitrogen and oxygen atoms in total. The van der Waals surface area contributed by atoms with Crippen molar-refractivity contribution in [3.8, 4) is 0 Å². The van der Waals surface area contributed by atoms with E-state index in [2.05, 4.69) is 5.32 Å². The third kappa shape index (κ3) is 4.51. The lowest BCUT2D eigenvalue weighted by atomic mass is 9.84. The molecule has 1 amide bonds. The highest BCUT2D eigenvalue weighted by molar-refractivity contribution is 5.92. The summed E-state index contributed by atoms with van der Waals surface area (Å²) in [4.78, 5) is 24.2. The summed E-state index contributed by atoms with van der Waals surface area (Å²) in [5.41, 5.74) is 6.04. The highest BCUT2D eigenvalue weighted by atomic mass is 16.5. The van der Waals surface area contributed by atoms with Crippen molar-refractivity contribution in [1.29, 1.82) is 0 Å². The number of rotatable bonds is 5. The van der Waals surface area contributed by atoms with Gasteiger partial charge in [-0.3, -0.25) is 9.59 Å². The molecule has 21 heavy (non-hydrogen) atoms. The molecule has 2 unspecified atom stereocenters. The first-order valence-corrected chi connectivity index (χ1v) is 8.28. The molecule has 0 aromatic rings. The largest absolute Gasteiger partial charge is 0.373 e. The monoisotopic (exact) mass is 296 g/mol. The first kappa shape index (κ1) is 16.4. The fraction of sp³-hybridized carbons (Fsp3) is 0.875. The first-order valence-electron chi connectivity index (χ1n) is 8.28. The Hall–Kier alpha value is -0.940. The van der Waals surface area contributed by atoms with Gasteiger partial charge in [-0.05, 0) is 18.8 Å². The minimum Gasteiger partial charge on any atom is -0.373 e. The van der Waals surface area contributed by atoms with E-state index in [1.54, 1.807) is 0 Å². The van der Waals surface area contributed by atoms with Crippen LogP contribution in [0.3, 0.4) is 0 Å². The zero-order chi connectivity index (χ0) is 15.2. The van der Waals surface area contributed by atoms with Crippen LogP contribution in [-0.2, 0) is 14.3 Å². The number of amides is 1. The highest BCUT2D eigenvalue weighted by Gasteiger charge is 2.34. The minimum atomic E-state index is -0.499. The lowest BCUT2D eigenvalue weighted by Crippen LogP contribution is -2.55. The van der Waals surface area contributed by atoms with E-state index in [9.17, 15) is 9.59 Å². The quantitative estimate of drug-likeness (QED) is 0.803. The van der Waals surface area contributed by atoms with Gasteiger partial charge in [0.1, 0.15) is 6.61 Å². The Morgan fingerprint density at radius 3 is 2.76 bits per heavy atom. The molecule has 1 aliphatic heterocycles. The number of carbonyl (C=O) groups is 2. The van der Waals surface area contributed by atoms with Gasteiger partial charge in [-0.2, -0.15) is 0 Å². The summed E-state index contributed by atoms with van der Waals surface area (Å²) < 4.78 is 5.25. The van der Waals surface area contributed by atoms with E-state index >= 15 is 0 Å². The van der Waals surface area contributed by atoms with Crippen LogP contribution in [0.5, 0.6) is 0 Å². The number of nitrogens with one attached hydrogen (secondary N) is 1.